The SMILES string of the molecule is O=C([C@@H]1C[C@@H]2CCCC[C@@H]2N1S(=O)(=O)c1ccccc1)N1CCc2ccccc21. The number of sulfonamides is 1. The Bertz CT molecular complexity index is 1020. The van der Waals surface area contributed by atoms with E-state index in [0.717, 1.165) is 43.4 Å². The molecule has 0 N–H and O–H groups in total. The van der Waals surface area contributed by atoms with E-state index in [4.69, 9.17) is 0 Å². The lowest BCUT2D eigenvalue weighted by Crippen LogP contribution is -2.50. The summed E-state index contributed by atoms with van der Waals surface area (Å²) in [5.41, 5.74) is 2.10. The highest BCUT2D eigenvalue weighted by Gasteiger charge is 2.52. The van der Waals surface area contributed by atoms with E-state index in [9.17, 15) is 13.2 Å². The number of benzene rings is 2. The minimum absolute atomic E-state index is 0.0659. The van der Waals surface area contributed by atoms with Gasteiger partial charge < -0.3 is 4.90 Å². The van der Waals surface area contributed by atoms with E-state index >= 15 is 0 Å². The first kappa shape index (κ1) is 18.8. The average Bonchev–Trinajstić information content (AvgIpc) is 3.36. The molecule has 0 unspecified atom stereocenters. The monoisotopic (exact) mass is 410 g/mol. The van der Waals surface area contributed by atoms with Crippen LogP contribution in [0.4, 0.5) is 5.69 Å². The molecule has 2 fully saturated rings. The van der Waals surface area contributed by atoms with Gasteiger partial charge >= 0.3 is 0 Å². The number of carbonyl (C=O) groups excluding carboxylic acids is 1. The van der Waals surface area contributed by atoms with Gasteiger partial charge in [-0.05, 0) is 55.4 Å². The summed E-state index contributed by atoms with van der Waals surface area (Å²) in [7, 11) is -3.72. The molecule has 152 valence electrons. The van der Waals surface area contributed by atoms with Crippen LogP contribution in [0, 0.1) is 5.92 Å². The highest BCUT2D eigenvalue weighted by molar-refractivity contribution is 7.89. The van der Waals surface area contributed by atoms with E-state index in [2.05, 4.69) is 6.07 Å². The first-order valence-corrected chi connectivity index (χ1v) is 12.0. The number of rotatable bonds is 3. The number of hydrogen-bond donors (Lipinski definition) is 0. The van der Waals surface area contributed by atoms with Gasteiger partial charge in [0.25, 0.3) is 0 Å². The third-order valence-electron chi connectivity index (χ3n) is 6.79. The van der Waals surface area contributed by atoms with Crippen molar-refractivity contribution in [3.05, 3.63) is 60.2 Å². The number of para-hydroxylation sites is 1. The first-order valence-electron chi connectivity index (χ1n) is 10.6. The molecular weight excluding hydrogens is 384 g/mol. The van der Waals surface area contributed by atoms with Gasteiger partial charge in [0, 0.05) is 18.3 Å². The molecule has 3 aliphatic rings. The molecule has 1 amide bonds. The molecule has 29 heavy (non-hydrogen) atoms. The lowest BCUT2D eigenvalue weighted by molar-refractivity contribution is -0.121. The van der Waals surface area contributed by atoms with Crippen molar-refractivity contribution in [2.45, 2.75) is 55.5 Å². The maximum Gasteiger partial charge on any atom is 0.245 e. The van der Waals surface area contributed by atoms with E-state index in [-0.39, 0.29) is 22.8 Å². The van der Waals surface area contributed by atoms with Gasteiger partial charge in [0.2, 0.25) is 15.9 Å². The molecule has 2 aromatic carbocycles. The Kier molecular flexibility index (Phi) is 4.71. The van der Waals surface area contributed by atoms with Crippen LogP contribution in [0.15, 0.2) is 59.5 Å². The van der Waals surface area contributed by atoms with Crippen molar-refractivity contribution in [3.8, 4) is 0 Å². The van der Waals surface area contributed by atoms with Gasteiger partial charge in [-0.25, -0.2) is 8.42 Å². The lowest BCUT2D eigenvalue weighted by Gasteiger charge is -2.33. The molecule has 2 aliphatic heterocycles. The predicted octanol–water partition coefficient (Wildman–Crippen LogP) is 3.60. The fourth-order valence-electron chi connectivity index (χ4n) is 5.44. The zero-order valence-electron chi connectivity index (χ0n) is 16.4. The lowest BCUT2D eigenvalue weighted by atomic mass is 9.85. The molecular formula is C23H26N2O3S. The molecule has 2 aromatic rings. The Balaban J connectivity index is 1.53. The van der Waals surface area contributed by atoms with Gasteiger partial charge in [-0.1, -0.05) is 49.2 Å². The van der Waals surface area contributed by atoms with Gasteiger partial charge in [-0.2, -0.15) is 4.31 Å². The zero-order chi connectivity index (χ0) is 20.0. The number of nitrogens with zero attached hydrogens (tertiary/aromatic N) is 2. The Hall–Kier alpha value is -2.18. The van der Waals surface area contributed by atoms with Crippen LogP contribution in [-0.4, -0.2) is 37.3 Å². The van der Waals surface area contributed by atoms with Crippen LogP contribution < -0.4 is 4.90 Å². The maximum atomic E-state index is 13.7. The molecule has 6 heteroatoms. The second-order valence-electron chi connectivity index (χ2n) is 8.38. The molecule has 1 aliphatic carbocycles. The van der Waals surface area contributed by atoms with Gasteiger partial charge in [-0.3, -0.25) is 4.79 Å². The molecule has 1 saturated heterocycles. The number of hydrogen-bond acceptors (Lipinski definition) is 3. The third kappa shape index (κ3) is 3.09. The van der Waals surface area contributed by atoms with Crippen molar-refractivity contribution in [2.24, 2.45) is 5.92 Å². The Labute approximate surface area is 172 Å². The van der Waals surface area contributed by atoms with Crippen molar-refractivity contribution in [1.29, 1.82) is 0 Å². The van der Waals surface area contributed by atoms with Crippen LogP contribution >= 0.6 is 0 Å². The minimum atomic E-state index is -3.72. The van der Waals surface area contributed by atoms with E-state index in [1.54, 1.807) is 28.6 Å². The third-order valence-corrected chi connectivity index (χ3v) is 8.73. The minimum Gasteiger partial charge on any atom is -0.310 e. The van der Waals surface area contributed by atoms with Gasteiger partial charge in [0.1, 0.15) is 6.04 Å². The van der Waals surface area contributed by atoms with Crippen LogP contribution in [0.2, 0.25) is 0 Å². The molecule has 0 spiro atoms. The summed E-state index contributed by atoms with van der Waals surface area (Å²) in [6.45, 7) is 0.628. The summed E-state index contributed by atoms with van der Waals surface area (Å²) < 4.78 is 28.8. The van der Waals surface area contributed by atoms with Crippen LogP contribution in [-0.2, 0) is 21.2 Å². The number of amides is 1. The summed E-state index contributed by atoms with van der Waals surface area (Å²) in [5.74, 6) is 0.206. The summed E-state index contributed by atoms with van der Waals surface area (Å²) >= 11 is 0. The number of carbonyl (C=O) groups is 1. The second-order valence-corrected chi connectivity index (χ2v) is 10.2. The van der Waals surface area contributed by atoms with Gasteiger partial charge in [0.15, 0.2) is 0 Å². The molecule has 1 saturated carbocycles. The molecule has 5 nitrogen and oxygen atoms in total. The fraction of sp³-hybridized carbons (Fsp3) is 0.435. The molecule has 0 bridgehead atoms. The first-order chi connectivity index (χ1) is 14.1. The van der Waals surface area contributed by atoms with E-state index in [1.165, 1.54) is 0 Å². The fourth-order valence-corrected chi connectivity index (χ4v) is 7.33. The quantitative estimate of drug-likeness (QED) is 0.777. The van der Waals surface area contributed by atoms with Crippen LogP contribution in [0.5, 0.6) is 0 Å². The van der Waals surface area contributed by atoms with E-state index in [0.29, 0.717) is 13.0 Å². The summed E-state index contributed by atoms with van der Waals surface area (Å²) in [6, 6.07) is 15.9. The Morgan fingerprint density at radius 3 is 2.48 bits per heavy atom. The van der Waals surface area contributed by atoms with E-state index in [1.807, 2.05) is 29.2 Å². The zero-order valence-corrected chi connectivity index (χ0v) is 17.2. The van der Waals surface area contributed by atoms with Crippen molar-refractivity contribution >= 4 is 21.6 Å². The smallest absolute Gasteiger partial charge is 0.245 e. The highest BCUT2D eigenvalue weighted by atomic mass is 32.2. The normalized spacial score (nSPS) is 26.9. The predicted molar refractivity (Wildman–Crippen MR) is 112 cm³/mol. The molecule has 2 heterocycles. The van der Waals surface area contributed by atoms with Crippen molar-refractivity contribution in [1.82, 2.24) is 4.31 Å². The second kappa shape index (κ2) is 7.26. The number of fused-ring (bicyclic) bond motifs is 2. The summed E-state index contributed by atoms with van der Waals surface area (Å²) in [6.07, 6.45) is 5.45. The van der Waals surface area contributed by atoms with Gasteiger partial charge in [0.05, 0.1) is 4.90 Å². The highest BCUT2D eigenvalue weighted by Crippen LogP contribution is 2.44. The largest absolute Gasteiger partial charge is 0.310 e. The molecule has 5 rings (SSSR count). The maximum absolute atomic E-state index is 13.7. The van der Waals surface area contributed by atoms with Crippen molar-refractivity contribution < 1.29 is 13.2 Å². The van der Waals surface area contributed by atoms with Crippen LogP contribution in [0.3, 0.4) is 0 Å². The molecule has 3 atom stereocenters. The Morgan fingerprint density at radius 1 is 0.931 bits per heavy atom. The molecule has 0 radical (unpaired) electrons. The van der Waals surface area contributed by atoms with Gasteiger partial charge in [-0.15, -0.1) is 0 Å². The van der Waals surface area contributed by atoms with Crippen LogP contribution in [0.25, 0.3) is 0 Å². The molecule has 0 aromatic heterocycles. The summed E-state index contributed by atoms with van der Waals surface area (Å²) in [4.78, 5) is 15.8. The summed E-state index contributed by atoms with van der Waals surface area (Å²) in [5, 5.41) is 0. The average molecular weight is 411 g/mol. The topological polar surface area (TPSA) is 57.7 Å². The van der Waals surface area contributed by atoms with Crippen LogP contribution in [0.1, 0.15) is 37.7 Å². The Morgan fingerprint density at radius 2 is 1.66 bits per heavy atom. The van der Waals surface area contributed by atoms with Crippen molar-refractivity contribution in [3.63, 3.8) is 0 Å². The van der Waals surface area contributed by atoms with E-state index < -0.39 is 16.1 Å². The standard InChI is InChI=1S/C23H26N2O3S/c26-23(24-15-14-17-8-4-6-12-20(17)24)22-16-18-9-5-7-13-21(18)25(22)29(27,28)19-10-2-1-3-11-19/h1-4,6,8,10-12,18,21-22H,5,7,9,13-16H2/t18-,21-,22-/m0/s1. The van der Waals surface area contributed by atoms with Crippen molar-refractivity contribution in [2.75, 3.05) is 11.4 Å². The number of anilines is 1.